The Hall–Kier alpha value is -3.01. The van der Waals surface area contributed by atoms with Crippen molar-refractivity contribution in [3.63, 3.8) is 0 Å². The van der Waals surface area contributed by atoms with Crippen LogP contribution in [0.2, 0.25) is 0 Å². The summed E-state index contributed by atoms with van der Waals surface area (Å²) in [7, 11) is 1.62. The molecule has 2 aromatic carbocycles. The number of benzene rings is 2. The van der Waals surface area contributed by atoms with Gasteiger partial charge in [-0.05, 0) is 36.4 Å². The number of β-amino-alcohol motifs (C(OH)–C–C–N with tert-alkyl or cyclic N) is 1. The van der Waals surface area contributed by atoms with Gasteiger partial charge in [-0.25, -0.2) is 4.39 Å². The predicted octanol–water partition coefficient (Wildman–Crippen LogP) is 2.44. The van der Waals surface area contributed by atoms with Crippen LogP contribution in [0, 0.1) is 5.82 Å². The second-order valence-electron chi connectivity index (χ2n) is 7.72. The molecule has 1 saturated heterocycles. The molecule has 0 aliphatic carbocycles. The van der Waals surface area contributed by atoms with Crippen LogP contribution >= 0.6 is 0 Å². The highest BCUT2D eigenvalue weighted by Gasteiger charge is 2.21. The van der Waals surface area contributed by atoms with Crippen LogP contribution in [0.25, 0.3) is 11.5 Å². The Kier molecular flexibility index (Phi) is 7.31. The summed E-state index contributed by atoms with van der Waals surface area (Å²) in [5.74, 6) is 1.63. The van der Waals surface area contributed by atoms with Crippen molar-refractivity contribution >= 4 is 0 Å². The molecule has 0 saturated carbocycles. The van der Waals surface area contributed by atoms with E-state index in [4.69, 9.17) is 14.0 Å². The molecule has 1 fully saturated rings. The van der Waals surface area contributed by atoms with Crippen LogP contribution in [0.15, 0.2) is 53.1 Å². The third-order valence-electron chi connectivity index (χ3n) is 5.37. The van der Waals surface area contributed by atoms with Crippen LogP contribution in [-0.4, -0.2) is 77.6 Å². The van der Waals surface area contributed by atoms with Gasteiger partial charge in [-0.1, -0.05) is 17.3 Å². The number of aliphatic hydroxyl groups excluding tert-OH is 1. The van der Waals surface area contributed by atoms with E-state index in [1.165, 1.54) is 6.07 Å². The smallest absolute Gasteiger partial charge is 0.257 e. The fourth-order valence-electron chi connectivity index (χ4n) is 3.60. The molecular formula is C23H27FN4O4. The molecule has 1 atom stereocenters. The maximum absolute atomic E-state index is 13.6. The summed E-state index contributed by atoms with van der Waals surface area (Å²) in [6.45, 7) is 4.40. The number of hydrogen-bond acceptors (Lipinski definition) is 8. The van der Waals surface area contributed by atoms with E-state index in [0.717, 1.165) is 37.5 Å². The standard InChI is InChI=1S/C23H27FN4O4/c1-30-19-8-6-17(7-9-19)23-25-22(26-32-23)15-28-12-10-27(11-13-28)14-18(29)16-31-21-5-3-2-4-20(21)24/h2-9,18,29H,10-16H2,1H3/t18-/m1/s1. The van der Waals surface area contributed by atoms with Crippen LogP contribution < -0.4 is 9.47 Å². The summed E-state index contributed by atoms with van der Waals surface area (Å²) in [4.78, 5) is 8.92. The molecule has 0 bridgehead atoms. The van der Waals surface area contributed by atoms with Crippen LogP contribution in [0.5, 0.6) is 11.5 Å². The van der Waals surface area contributed by atoms with Gasteiger partial charge in [-0.2, -0.15) is 4.98 Å². The summed E-state index contributed by atoms with van der Waals surface area (Å²) in [6, 6.07) is 13.7. The highest BCUT2D eigenvalue weighted by atomic mass is 19.1. The molecule has 0 amide bonds. The first-order valence-electron chi connectivity index (χ1n) is 10.6. The lowest BCUT2D eigenvalue weighted by molar-refractivity contribution is 0.0432. The van der Waals surface area contributed by atoms with Gasteiger partial charge in [-0.3, -0.25) is 9.80 Å². The molecule has 2 heterocycles. The summed E-state index contributed by atoms with van der Waals surface area (Å²) >= 11 is 0. The van der Waals surface area contributed by atoms with Crippen LogP contribution in [0.4, 0.5) is 4.39 Å². The monoisotopic (exact) mass is 442 g/mol. The summed E-state index contributed by atoms with van der Waals surface area (Å²) in [6.07, 6.45) is -0.689. The Balaban J connectivity index is 1.20. The van der Waals surface area contributed by atoms with Crippen molar-refractivity contribution in [1.29, 1.82) is 0 Å². The average molecular weight is 442 g/mol. The maximum Gasteiger partial charge on any atom is 0.257 e. The number of piperazine rings is 1. The van der Waals surface area contributed by atoms with E-state index in [1.54, 1.807) is 25.3 Å². The van der Waals surface area contributed by atoms with Gasteiger partial charge >= 0.3 is 0 Å². The predicted molar refractivity (Wildman–Crippen MR) is 116 cm³/mol. The van der Waals surface area contributed by atoms with Gasteiger partial charge in [-0.15, -0.1) is 0 Å². The van der Waals surface area contributed by atoms with Crippen molar-refractivity contribution in [2.45, 2.75) is 12.6 Å². The van der Waals surface area contributed by atoms with Gasteiger partial charge in [0.1, 0.15) is 18.5 Å². The molecule has 8 nitrogen and oxygen atoms in total. The van der Waals surface area contributed by atoms with Gasteiger partial charge in [0.05, 0.1) is 13.7 Å². The molecule has 32 heavy (non-hydrogen) atoms. The zero-order valence-electron chi connectivity index (χ0n) is 18.0. The SMILES string of the molecule is COc1ccc(-c2nc(CN3CCN(C[C@@H](O)COc4ccccc4F)CC3)no2)cc1. The Bertz CT molecular complexity index is 990. The molecule has 1 N–H and O–H groups in total. The molecule has 0 unspecified atom stereocenters. The first-order chi connectivity index (χ1) is 15.6. The lowest BCUT2D eigenvalue weighted by atomic mass is 10.2. The molecule has 1 aromatic heterocycles. The van der Waals surface area contributed by atoms with Gasteiger partial charge in [0.25, 0.3) is 5.89 Å². The lowest BCUT2D eigenvalue weighted by Gasteiger charge is -2.34. The Morgan fingerprint density at radius 3 is 2.50 bits per heavy atom. The first kappa shape index (κ1) is 22.2. The number of aromatic nitrogens is 2. The minimum Gasteiger partial charge on any atom is -0.497 e. The van der Waals surface area contributed by atoms with Crippen LogP contribution in [0.1, 0.15) is 5.82 Å². The summed E-state index contributed by atoms with van der Waals surface area (Å²) in [5.41, 5.74) is 0.848. The Morgan fingerprint density at radius 2 is 1.78 bits per heavy atom. The third kappa shape index (κ3) is 5.82. The molecule has 3 aromatic rings. The fourth-order valence-corrected chi connectivity index (χ4v) is 3.60. The maximum atomic E-state index is 13.6. The van der Waals surface area contributed by atoms with Crippen molar-refractivity contribution in [2.75, 3.05) is 46.4 Å². The molecule has 1 aliphatic rings. The molecule has 170 valence electrons. The Labute approximate surface area is 186 Å². The van der Waals surface area contributed by atoms with Gasteiger partial charge in [0.15, 0.2) is 17.4 Å². The van der Waals surface area contributed by atoms with Crippen molar-refractivity contribution in [3.05, 3.63) is 60.2 Å². The van der Waals surface area contributed by atoms with E-state index < -0.39 is 11.9 Å². The Morgan fingerprint density at radius 1 is 1.06 bits per heavy atom. The van der Waals surface area contributed by atoms with Crippen molar-refractivity contribution < 1.29 is 23.5 Å². The number of rotatable bonds is 9. The third-order valence-corrected chi connectivity index (χ3v) is 5.37. The average Bonchev–Trinajstić information content (AvgIpc) is 3.28. The number of para-hydroxylation sites is 1. The largest absolute Gasteiger partial charge is 0.497 e. The molecular weight excluding hydrogens is 415 g/mol. The number of ether oxygens (including phenoxy) is 2. The minimum atomic E-state index is -0.689. The number of aliphatic hydroxyl groups is 1. The van der Waals surface area contributed by atoms with E-state index in [0.29, 0.717) is 24.8 Å². The van der Waals surface area contributed by atoms with Crippen molar-refractivity contribution in [3.8, 4) is 23.0 Å². The summed E-state index contributed by atoms with van der Waals surface area (Å²) < 4.78 is 29.6. The van der Waals surface area contributed by atoms with Gasteiger partial charge in [0, 0.05) is 38.3 Å². The minimum absolute atomic E-state index is 0.0537. The van der Waals surface area contributed by atoms with Crippen LogP contribution in [-0.2, 0) is 6.54 Å². The highest BCUT2D eigenvalue weighted by molar-refractivity contribution is 5.54. The molecule has 9 heteroatoms. The normalized spacial score (nSPS) is 16.1. The molecule has 4 rings (SSSR count). The van der Waals surface area contributed by atoms with Crippen molar-refractivity contribution in [2.24, 2.45) is 0 Å². The second kappa shape index (κ2) is 10.5. The second-order valence-corrected chi connectivity index (χ2v) is 7.72. The number of halogens is 1. The molecule has 0 spiro atoms. The van der Waals surface area contributed by atoms with E-state index in [2.05, 4.69) is 19.9 Å². The molecule has 0 radical (unpaired) electrons. The highest BCUT2D eigenvalue weighted by Crippen LogP contribution is 2.21. The van der Waals surface area contributed by atoms with Crippen molar-refractivity contribution in [1.82, 2.24) is 19.9 Å². The van der Waals surface area contributed by atoms with E-state index in [-0.39, 0.29) is 12.4 Å². The molecule has 1 aliphatic heterocycles. The summed E-state index contributed by atoms with van der Waals surface area (Å²) in [5, 5.41) is 14.4. The quantitative estimate of drug-likeness (QED) is 0.541. The van der Waals surface area contributed by atoms with Gasteiger partial charge < -0.3 is 19.1 Å². The van der Waals surface area contributed by atoms with E-state index in [1.807, 2.05) is 24.3 Å². The number of nitrogens with zero attached hydrogens (tertiary/aromatic N) is 4. The van der Waals surface area contributed by atoms with E-state index >= 15 is 0 Å². The van der Waals surface area contributed by atoms with Crippen LogP contribution in [0.3, 0.4) is 0 Å². The zero-order valence-corrected chi connectivity index (χ0v) is 18.0. The lowest BCUT2D eigenvalue weighted by Crippen LogP contribution is -2.48. The number of hydrogen-bond donors (Lipinski definition) is 1. The topological polar surface area (TPSA) is 84.1 Å². The van der Waals surface area contributed by atoms with Gasteiger partial charge in [0.2, 0.25) is 0 Å². The fraction of sp³-hybridized carbons (Fsp3) is 0.391. The zero-order chi connectivity index (χ0) is 22.3. The van der Waals surface area contributed by atoms with E-state index in [9.17, 15) is 9.50 Å². The number of methoxy groups -OCH3 is 1. The first-order valence-corrected chi connectivity index (χ1v) is 10.6.